The van der Waals surface area contributed by atoms with Gasteiger partial charge in [-0.2, -0.15) is 0 Å². The van der Waals surface area contributed by atoms with Gasteiger partial charge < -0.3 is 19.8 Å². The summed E-state index contributed by atoms with van der Waals surface area (Å²) in [5, 5.41) is 21.0. The van der Waals surface area contributed by atoms with Gasteiger partial charge >= 0.3 is 103 Å². The quantitative estimate of drug-likeness (QED) is 0.365. The largest absolute Gasteiger partial charge is 1.00 e. The van der Waals surface area contributed by atoms with Gasteiger partial charge in [0.1, 0.15) is 0 Å². The first-order valence-corrected chi connectivity index (χ1v) is 5.75. The zero-order chi connectivity index (χ0) is 14.1. The van der Waals surface area contributed by atoms with Crippen LogP contribution < -0.4 is 113 Å². The zero-order valence-electron chi connectivity index (χ0n) is 12.2. The second kappa shape index (κ2) is 14.4. The molecule has 1 aromatic rings. The molecule has 0 radical (unpaired) electrons. The first kappa shape index (κ1) is 24.1. The number of carbonyl (C=O) groups is 2. The number of aliphatic carboxylic acids is 2. The van der Waals surface area contributed by atoms with E-state index in [1.165, 1.54) is 6.21 Å². The van der Waals surface area contributed by atoms with Crippen molar-refractivity contribution < 1.29 is 123 Å². The topological polar surface area (TPSA) is 92.6 Å². The summed E-state index contributed by atoms with van der Waals surface area (Å²) in [6.45, 7) is 0. The molecule has 0 N–H and O–H groups in total. The van der Waals surface area contributed by atoms with Crippen molar-refractivity contribution in [2.24, 2.45) is 4.99 Å². The van der Waals surface area contributed by atoms with Crippen molar-refractivity contribution in [1.29, 1.82) is 0 Å². The van der Waals surface area contributed by atoms with E-state index in [4.69, 9.17) is 0 Å². The maximum Gasteiger partial charge on any atom is 1.00 e. The van der Waals surface area contributed by atoms with Gasteiger partial charge in [0.15, 0.2) is 0 Å². The summed E-state index contributed by atoms with van der Waals surface area (Å²) < 4.78 is 0. The predicted octanol–water partition coefficient (Wildman–Crippen LogP) is -6.57. The summed E-state index contributed by atoms with van der Waals surface area (Å²) in [5.41, 5.74) is 0.952. The van der Waals surface area contributed by atoms with Crippen LogP contribution in [0.3, 0.4) is 0 Å². The molecule has 5 nitrogen and oxygen atoms in total. The van der Waals surface area contributed by atoms with Crippen molar-refractivity contribution >= 4 is 24.2 Å². The van der Waals surface area contributed by atoms with Gasteiger partial charge in [0.05, 0.1) is 12.0 Å². The van der Waals surface area contributed by atoms with E-state index in [9.17, 15) is 19.8 Å². The summed E-state index contributed by atoms with van der Waals surface area (Å²) in [7, 11) is 0. The normalized spacial score (nSPS) is 11.6. The Morgan fingerprint density at radius 3 is 2.29 bits per heavy atom. The van der Waals surface area contributed by atoms with Gasteiger partial charge in [0, 0.05) is 12.2 Å². The number of allylic oxidation sites excluding steroid dienone is 1. The molecule has 0 fully saturated rings. The third kappa shape index (κ3) is 12.0. The van der Waals surface area contributed by atoms with E-state index in [0.29, 0.717) is 0 Å². The van der Waals surface area contributed by atoms with E-state index in [-0.39, 0.29) is 116 Å². The summed E-state index contributed by atoms with van der Waals surface area (Å²) in [6, 6.07) is 8.24. The fourth-order valence-electron chi connectivity index (χ4n) is 1.38. The van der Waals surface area contributed by atoms with Gasteiger partial charge in [-0.05, 0) is 24.5 Å². The van der Waals surface area contributed by atoms with Gasteiger partial charge in [-0.15, -0.1) is 0 Å². The van der Waals surface area contributed by atoms with Crippen LogP contribution in [0.25, 0.3) is 6.08 Å². The number of aliphatic imine (C=N–C) groups is 1. The Labute approximate surface area is 208 Å². The van der Waals surface area contributed by atoms with Crippen molar-refractivity contribution in [3.63, 3.8) is 0 Å². The van der Waals surface area contributed by atoms with Gasteiger partial charge in [-0.1, -0.05) is 36.4 Å². The third-order valence-electron chi connectivity index (χ3n) is 2.33. The van der Waals surface area contributed by atoms with Crippen molar-refractivity contribution in [3.8, 4) is 0 Å². The third-order valence-corrected chi connectivity index (χ3v) is 2.33. The maximum atomic E-state index is 10.7. The second-order valence-corrected chi connectivity index (χ2v) is 3.81. The molecule has 100 valence electrons. The molecule has 0 heterocycles. The molecule has 1 aromatic carbocycles. The van der Waals surface area contributed by atoms with Crippen LogP contribution in [0, 0.1) is 0 Å². The number of hydrogen-bond donors (Lipinski definition) is 0. The Balaban J connectivity index is 0. The van der Waals surface area contributed by atoms with E-state index in [2.05, 4.69) is 4.99 Å². The number of rotatable bonds is 7. The molecule has 1 atom stereocenters. The van der Waals surface area contributed by atoms with Crippen LogP contribution in [-0.2, 0) is 9.59 Å². The van der Waals surface area contributed by atoms with Crippen LogP contribution in [0.4, 0.5) is 0 Å². The molecule has 0 aliphatic heterocycles. The molecule has 0 bridgehead atoms. The average molecular weight is 337 g/mol. The van der Waals surface area contributed by atoms with Crippen molar-refractivity contribution in [2.75, 3.05) is 0 Å². The fourth-order valence-corrected chi connectivity index (χ4v) is 1.38. The summed E-state index contributed by atoms with van der Waals surface area (Å²) >= 11 is 0. The minimum Gasteiger partial charge on any atom is -0.550 e. The van der Waals surface area contributed by atoms with Gasteiger partial charge in [0.25, 0.3) is 0 Å². The molecule has 0 aromatic heterocycles. The summed E-state index contributed by atoms with van der Waals surface area (Å²) in [4.78, 5) is 24.7. The molecule has 21 heavy (non-hydrogen) atoms. The van der Waals surface area contributed by atoms with Crippen LogP contribution in [0.15, 0.2) is 41.4 Å². The second-order valence-electron chi connectivity index (χ2n) is 3.81. The molecule has 1 rings (SSSR count). The van der Waals surface area contributed by atoms with Crippen molar-refractivity contribution in [3.05, 3.63) is 42.0 Å². The Hall–Kier alpha value is 0.843. The molecule has 0 amide bonds. The van der Waals surface area contributed by atoms with Gasteiger partial charge in [-0.3, -0.25) is 4.99 Å². The van der Waals surface area contributed by atoms with Crippen LogP contribution in [-0.4, -0.2) is 24.2 Å². The average Bonchev–Trinajstić information content (AvgIpc) is 2.38. The number of carboxylic acid groups (broad SMARTS) is 2. The van der Waals surface area contributed by atoms with Gasteiger partial charge in [-0.25, -0.2) is 0 Å². The first-order valence-electron chi connectivity index (χ1n) is 5.75. The number of hydrogen-bond acceptors (Lipinski definition) is 5. The van der Waals surface area contributed by atoms with E-state index < -0.39 is 18.0 Å². The number of carboxylic acids is 2. The van der Waals surface area contributed by atoms with Crippen LogP contribution in [0.5, 0.6) is 0 Å². The molecule has 0 aliphatic rings. The smallest absolute Gasteiger partial charge is 0.550 e. The van der Waals surface area contributed by atoms with Gasteiger partial charge in [0.2, 0.25) is 0 Å². The predicted molar refractivity (Wildman–Crippen MR) is 67.0 cm³/mol. The Bertz CT molecular complexity index is 489. The molecule has 0 unspecified atom stereocenters. The number of nitrogens with zero attached hydrogens (tertiary/aromatic N) is 1. The molecular weight excluding hydrogens is 324 g/mol. The maximum absolute atomic E-state index is 10.7. The zero-order valence-corrected chi connectivity index (χ0v) is 18.4. The number of carbonyl (C=O) groups excluding carboxylic acids is 2. The molecule has 0 saturated carbocycles. The molecule has 0 aliphatic carbocycles. The van der Waals surface area contributed by atoms with E-state index in [1.807, 2.05) is 30.3 Å². The standard InChI is InChI=1S/C14H15NO4.2K/c16-13(17)9-8-12(14(18)19)15-10-4-7-11-5-2-1-3-6-11;;/h1-7,10,12H,8-9H2,(H,16,17)(H,18,19);;/q;2*+1/p-2/b7-4+,15-10?;;/t12-;;/m0../s1. The SMILES string of the molecule is O=C([O-])CC[C@H](N=C/C=C/c1ccccc1)C(=O)[O-].[K+].[K+]. The Morgan fingerprint density at radius 2 is 1.76 bits per heavy atom. The van der Waals surface area contributed by atoms with Crippen LogP contribution in [0.2, 0.25) is 0 Å². The molecule has 0 spiro atoms. The first-order chi connectivity index (χ1) is 9.09. The van der Waals surface area contributed by atoms with Crippen molar-refractivity contribution in [2.45, 2.75) is 18.9 Å². The minimum absolute atomic E-state index is 0. The Morgan fingerprint density at radius 1 is 1.14 bits per heavy atom. The summed E-state index contributed by atoms with van der Waals surface area (Å²) in [5.74, 6) is -2.70. The van der Waals surface area contributed by atoms with Crippen molar-refractivity contribution in [1.82, 2.24) is 0 Å². The Kier molecular flexibility index (Phi) is 16.6. The summed E-state index contributed by atoms with van der Waals surface area (Å²) in [6.07, 6.45) is 4.17. The van der Waals surface area contributed by atoms with Crippen LogP contribution >= 0.6 is 0 Å². The van der Waals surface area contributed by atoms with E-state index >= 15 is 0 Å². The van der Waals surface area contributed by atoms with E-state index in [1.54, 1.807) is 12.2 Å². The van der Waals surface area contributed by atoms with E-state index in [0.717, 1.165) is 5.56 Å². The van der Waals surface area contributed by atoms with Crippen LogP contribution in [0.1, 0.15) is 18.4 Å². The minimum atomic E-state index is -1.40. The number of benzene rings is 1. The molecule has 7 heteroatoms. The fraction of sp³-hybridized carbons (Fsp3) is 0.214. The molecule has 0 saturated heterocycles. The monoisotopic (exact) mass is 337 g/mol. The molecular formula is C14H13K2NO4.